The van der Waals surface area contributed by atoms with E-state index in [9.17, 15) is 4.79 Å². The van der Waals surface area contributed by atoms with Crippen LogP contribution in [0.25, 0.3) is 0 Å². The maximum atomic E-state index is 12.2. The number of hydrogen-bond donors (Lipinski definition) is 2. The molecule has 5 heteroatoms. The number of carbonyl (C=O) groups is 1. The number of ether oxygens (including phenoxy) is 1. The summed E-state index contributed by atoms with van der Waals surface area (Å²) in [6, 6.07) is 11.0. The number of aryl methyl sites for hydroxylation is 1. The van der Waals surface area contributed by atoms with Gasteiger partial charge in [0.1, 0.15) is 11.6 Å². The summed E-state index contributed by atoms with van der Waals surface area (Å²) in [7, 11) is 0. The molecular weight excluding hydrogens is 266 g/mol. The molecule has 0 saturated heterocycles. The van der Waals surface area contributed by atoms with Crippen LogP contribution in [0.5, 0.6) is 5.75 Å². The summed E-state index contributed by atoms with van der Waals surface area (Å²) in [5.74, 6) is 0.929. The number of pyridine rings is 1. The number of amides is 1. The third-order valence-electron chi connectivity index (χ3n) is 3.08. The third-order valence-corrected chi connectivity index (χ3v) is 3.08. The van der Waals surface area contributed by atoms with Crippen molar-refractivity contribution < 1.29 is 9.53 Å². The van der Waals surface area contributed by atoms with Gasteiger partial charge >= 0.3 is 0 Å². The third kappa shape index (κ3) is 3.95. The number of para-hydroxylation sites is 1. The predicted molar refractivity (Wildman–Crippen MR) is 83.2 cm³/mol. The molecule has 110 valence electrons. The Hall–Kier alpha value is -2.56. The molecule has 1 unspecified atom stereocenters. The Morgan fingerprint density at radius 1 is 1.33 bits per heavy atom. The Balaban J connectivity index is 2.05. The lowest BCUT2D eigenvalue weighted by Gasteiger charge is -2.18. The molecular formula is C16H19N3O2. The molecule has 0 fully saturated rings. The van der Waals surface area contributed by atoms with Crippen molar-refractivity contribution >= 4 is 17.4 Å². The number of aromatic nitrogens is 1. The van der Waals surface area contributed by atoms with Gasteiger partial charge < -0.3 is 15.8 Å². The summed E-state index contributed by atoms with van der Waals surface area (Å²) in [5, 5.41) is 2.78. The zero-order chi connectivity index (χ0) is 15.2. The molecule has 0 aliphatic rings. The largest absolute Gasteiger partial charge is 0.480 e. The van der Waals surface area contributed by atoms with Gasteiger partial charge in [0.05, 0.1) is 11.9 Å². The van der Waals surface area contributed by atoms with Crippen LogP contribution >= 0.6 is 0 Å². The van der Waals surface area contributed by atoms with Crippen LogP contribution in [0.15, 0.2) is 42.6 Å². The van der Waals surface area contributed by atoms with Crippen molar-refractivity contribution in [3.8, 4) is 5.75 Å². The first kappa shape index (κ1) is 14.8. The van der Waals surface area contributed by atoms with Crippen LogP contribution in [0.1, 0.15) is 18.9 Å². The smallest absolute Gasteiger partial charge is 0.265 e. The minimum absolute atomic E-state index is 0.202. The monoisotopic (exact) mass is 285 g/mol. The van der Waals surface area contributed by atoms with Crippen molar-refractivity contribution in [3.63, 3.8) is 0 Å². The van der Waals surface area contributed by atoms with Crippen molar-refractivity contribution in [1.29, 1.82) is 0 Å². The van der Waals surface area contributed by atoms with E-state index >= 15 is 0 Å². The fourth-order valence-corrected chi connectivity index (χ4v) is 1.87. The molecule has 1 heterocycles. The van der Waals surface area contributed by atoms with E-state index < -0.39 is 6.10 Å². The second-order valence-electron chi connectivity index (χ2n) is 4.74. The Morgan fingerprint density at radius 2 is 2.10 bits per heavy atom. The SMILES string of the molecule is CCC(Oc1ccccc1C)C(=O)Nc1ccc(N)nc1. The Labute approximate surface area is 124 Å². The van der Waals surface area contributed by atoms with Crippen molar-refractivity contribution in [2.24, 2.45) is 0 Å². The standard InChI is InChI=1S/C16H19N3O2/c1-3-13(21-14-7-5-4-6-11(14)2)16(20)19-12-8-9-15(17)18-10-12/h4-10,13H,3H2,1-2H3,(H2,17,18)(H,19,20). The molecule has 1 amide bonds. The van der Waals surface area contributed by atoms with Crippen LogP contribution in [0, 0.1) is 6.92 Å². The van der Waals surface area contributed by atoms with Crippen LogP contribution in [-0.2, 0) is 4.79 Å². The number of nitrogens with two attached hydrogens (primary N) is 1. The lowest BCUT2D eigenvalue weighted by atomic mass is 10.2. The fraction of sp³-hybridized carbons (Fsp3) is 0.250. The van der Waals surface area contributed by atoms with Gasteiger partial charge in [-0.25, -0.2) is 4.98 Å². The molecule has 0 radical (unpaired) electrons. The lowest BCUT2D eigenvalue weighted by molar-refractivity contribution is -0.122. The molecule has 3 N–H and O–H groups in total. The van der Waals surface area contributed by atoms with E-state index in [1.54, 1.807) is 12.1 Å². The fourth-order valence-electron chi connectivity index (χ4n) is 1.87. The highest BCUT2D eigenvalue weighted by Crippen LogP contribution is 2.19. The molecule has 21 heavy (non-hydrogen) atoms. The molecule has 2 rings (SSSR count). The van der Waals surface area contributed by atoms with E-state index in [4.69, 9.17) is 10.5 Å². The Bertz CT molecular complexity index is 611. The minimum atomic E-state index is -0.552. The van der Waals surface area contributed by atoms with Crippen LogP contribution in [-0.4, -0.2) is 17.0 Å². The molecule has 0 aliphatic carbocycles. The lowest BCUT2D eigenvalue weighted by Crippen LogP contribution is -2.32. The zero-order valence-corrected chi connectivity index (χ0v) is 12.2. The van der Waals surface area contributed by atoms with Gasteiger partial charge in [-0.1, -0.05) is 25.1 Å². The first-order valence-electron chi connectivity index (χ1n) is 6.85. The van der Waals surface area contributed by atoms with E-state index in [1.165, 1.54) is 6.20 Å². The van der Waals surface area contributed by atoms with Crippen molar-refractivity contribution in [2.45, 2.75) is 26.4 Å². The van der Waals surface area contributed by atoms with Crippen molar-refractivity contribution in [3.05, 3.63) is 48.2 Å². The Kier molecular flexibility index (Phi) is 4.77. The zero-order valence-electron chi connectivity index (χ0n) is 12.2. The van der Waals surface area contributed by atoms with E-state index in [0.717, 1.165) is 11.3 Å². The average molecular weight is 285 g/mol. The van der Waals surface area contributed by atoms with Gasteiger partial charge in [0, 0.05) is 0 Å². The Morgan fingerprint density at radius 3 is 2.71 bits per heavy atom. The molecule has 1 aromatic carbocycles. The average Bonchev–Trinajstić information content (AvgIpc) is 2.48. The summed E-state index contributed by atoms with van der Waals surface area (Å²) in [6.45, 7) is 3.85. The van der Waals surface area contributed by atoms with Crippen LogP contribution in [0.4, 0.5) is 11.5 Å². The second-order valence-corrected chi connectivity index (χ2v) is 4.74. The summed E-state index contributed by atoms with van der Waals surface area (Å²) >= 11 is 0. The minimum Gasteiger partial charge on any atom is -0.480 e. The molecule has 0 aliphatic heterocycles. The van der Waals surface area contributed by atoms with Gasteiger partial charge in [-0.05, 0) is 37.1 Å². The van der Waals surface area contributed by atoms with Crippen molar-refractivity contribution in [1.82, 2.24) is 4.98 Å². The highest BCUT2D eigenvalue weighted by atomic mass is 16.5. The molecule has 1 aromatic heterocycles. The first-order chi connectivity index (χ1) is 10.1. The number of rotatable bonds is 5. The van der Waals surface area contributed by atoms with Gasteiger partial charge in [-0.2, -0.15) is 0 Å². The van der Waals surface area contributed by atoms with Crippen LogP contribution < -0.4 is 15.8 Å². The van der Waals surface area contributed by atoms with E-state index in [2.05, 4.69) is 10.3 Å². The van der Waals surface area contributed by atoms with E-state index in [1.807, 2.05) is 38.1 Å². The number of benzene rings is 1. The molecule has 2 aromatic rings. The second kappa shape index (κ2) is 6.74. The highest BCUT2D eigenvalue weighted by molar-refractivity contribution is 5.94. The van der Waals surface area contributed by atoms with Gasteiger partial charge in [0.2, 0.25) is 0 Å². The summed E-state index contributed by atoms with van der Waals surface area (Å²) in [6.07, 6.45) is 1.54. The first-order valence-corrected chi connectivity index (χ1v) is 6.85. The molecule has 5 nitrogen and oxygen atoms in total. The normalized spacial score (nSPS) is 11.7. The number of anilines is 2. The van der Waals surface area contributed by atoms with Gasteiger partial charge in [-0.15, -0.1) is 0 Å². The summed E-state index contributed by atoms with van der Waals surface area (Å²) in [4.78, 5) is 16.2. The van der Waals surface area contributed by atoms with Crippen molar-refractivity contribution in [2.75, 3.05) is 11.1 Å². The summed E-state index contributed by atoms with van der Waals surface area (Å²) in [5.41, 5.74) is 7.11. The molecule has 0 spiro atoms. The number of nitrogens with zero attached hydrogens (tertiary/aromatic N) is 1. The molecule has 0 saturated carbocycles. The number of nitrogens with one attached hydrogen (secondary N) is 1. The van der Waals surface area contributed by atoms with Gasteiger partial charge in [0.15, 0.2) is 6.10 Å². The van der Waals surface area contributed by atoms with Gasteiger partial charge in [-0.3, -0.25) is 4.79 Å². The maximum Gasteiger partial charge on any atom is 0.265 e. The number of nitrogen functional groups attached to an aromatic ring is 1. The molecule has 1 atom stereocenters. The van der Waals surface area contributed by atoms with Crippen LogP contribution in [0.2, 0.25) is 0 Å². The predicted octanol–water partition coefficient (Wildman–Crippen LogP) is 2.77. The topological polar surface area (TPSA) is 77.2 Å². The van der Waals surface area contributed by atoms with E-state index in [0.29, 0.717) is 17.9 Å². The summed E-state index contributed by atoms with van der Waals surface area (Å²) < 4.78 is 5.80. The number of hydrogen-bond acceptors (Lipinski definition) is 4. The number of carbonyl (C=O) groups excluding carboxylic acids is 1. The maximum absolute atomic E-state index is 12.2. The van der Waals surface area contributed by atoms with Gasteiger partial charge in [0.25, 0.3) is 5.91 Å². The quantitative estimate of drug-likeness (QED) is 0.885. The molecule has 0 bridgehead atoms. The van der Waals surface area contributed by atoms with E-state index in [-0.39, 0.29) is 5.91 Å². The van der Waals surface area contributed by atoms with Crippen LogP contribution in [0.3, 0.4) is 0 Å². The highest BCUT2D eigenvalue weighted by Gasteiger charge is 2.19.